The second-order valence-corrected chi connectivity index (χ2v) is 9.73. The van der Waals surface area contributed by atoms with E-state index in [0.29, 0.717) is 44.4 Å². The minimum atomic E-state index is -0.399. The molecule has 3 heterocycles. The molecule has 1 unspecified atom stereocenters. The average molecular weight is 408 g/mol. The SMILES string of the molecule is CC(C)CC(C(=O)N1CCC2(CC1)CNC(=O)N2)N1CCN[C@@H](CC(C)C)C1=O. The lowest BCUT2D eigenvalue weighted by Crippen LogP contribution is -2.63. The lowest BCUT2D eigenvalue weighted by Gasteiger charge is -2.43. The van der Waals surface area contributed by atoms with Crippen molar-refractivity contribution in [1.82, 2.24) is 25.8 Å². The number of rotatable bonds is 6. The van der Waals surface area contributed by atoms with Crippen molar-refractivity contribution in [3.05, 3.63) is 0 Å². The predicted octanol–water partition coefficient (Wildman–Crippen LogP) is 0.922. The molecule has 0 aromatic rings. The third kappa shape index (κ3) is 5.02. The Labute approximate surface area is 174 Å². The van der Waals surface area contributed by atoms with Crippen molar-refractivity contribution in [3.63, 3.8) is 0 Å². The van der Waals surface area contributed by atoms with Crippen molar-refractivity contribution in [3.8, 4) is 0 Å². The van der Waals surface area contributed by atoms with Gasteiger partial charge in [0.25, 0.3) is 0 Å². The molecule has 4 amide bonds. The zero-order valence-electron chi connectivity index (χ0n) is 18.3. The number of piperidine rings is 1. The Kier molecular flexibility index (Phi) is 6.71. The first kappa shape index (κ1) is 21.9. The molecule has 3 rings (SSSR count). The van der Waals surface area contributed by atoms with Crippen LogP contribution in [0.5, 0.6) is 0 Å². The first-order valence-corrected chi connectivity index (χ1v) is 11.1. The van der Waals surface area contributed by atoms with Gasteiger partial charge in [0.15, 0.2) is 0 Å². The van der Waals surface area contributed by atoms with Crippen LogP contribution < -0.4 is 16.0 Å². The van der Waals surface area contributed by atoms with Crippen LogP contribution in [0.25, 0.3) is 0 Å². The fraction of sp³-hybridized carbons (Fsp3) is 0.857. The monoisotopic (exact) mass is 407 g/mol. The summed E-state index contributed by atoms with van der Waals surface area (Å²) >= 11 is 0. The van der Waals surface area contributed by atoms with Gasteiger partial charge in [-0.15, -0.1) is 0 Å². The highest BCUT2D eigenvalue weighted by Gasteiger charge is 2.44. The van der Waals surface area contributed by atoms with E-state index in [0.717, 1.165) is 25.8 Å². The zero-order chi connectivity index (χ0) is 21.2. The van der Waals surface area contributed by atoms with E-state index in [1.54, 1.807) is 0 Å². The lowest BCUT2D eigenvalue weighted by molar-refractivity contribution is -0.150. The number of amides is 4. The maximum Gasteiger partial charge on any atom is 0.315 e. The van der Waals surface area contributed by atoms with Crippen molar-refractivity contribution < 1.29 is 14.4 Å². The first-order chi connectivity index (χ1) is 13.7. The minimum Gasteiger partial charge on any atom is -0.341 e. The van der Waals surface area contributed by atoms with Gasteiger partial charge in [-0.3, -0.25) is 9.59 Å². The molecule has 3 N–H and O–H groups in total. The maximum atomic E-state index is 13.5. The second-order valence-electron chi connectivity index (χ2n) is 9.73. The second kappa shape index (κ2) is 8.90. The molecule has 29 heavy (non-hydrogen) atoms. The minimum absolute atomic E-state index is 0.0596. The Hall–Kier alpha value is -1.83. The van der Waals surface area contributed by atoms with Crippen molar-refractivity contribution >= 4 is 17.8 Å². The van der Waals surface area contributed by atoms with Gasteiger partial charge in [-0.05, 0) is 37.5 Å². The van der Waals surface area contributed by atoms with Gasteiger partial charge in [-0.25, -0.2) is 4.79 Å². The molecule has 3 fully saturated rings. The van der Waals surface area contributed by atoms with Crippen molar-refractivity contribution in [1.29, 1.82) is 0 Å². The van der Waals surface area contributed by atoms with Crippen LogP contribution in [-0.2, 0) is 9.59 Å². The highest BCUT2D eigenvalue weighted by molar-refractivity contribution is 5.90. The predicted molar refractivity (Wildman–Crippen MR) is 111 cm³/mol. The summed E-state index contributed by atoms with van der Waals surface area (Å²) in [6, 6.07) is -0.717. The van der Waals surface area contributed by atoms with Crippen molar-refractivity contribution in [2.24, 2.45) is 11.8 Å². The smallest absolute Gasteiger partial charge is 0.315 e. The van der Waals surface area contributed by atoms with Gasteiger partial charge in [0.1, 0.15) is 6.04 Å². The molecule has 0 saturated carbocycles. The summed E-state index contributed by atoms with van der Waals surface area (Å²) in [7, 11) is 0. The fourth-order valence-corrected chi connectivity index (χ4v) is 4.78. The molecule has 3 aliphatic heterocycles. The number of hydrogen-bond donors (Lipinski definition) is 3. The summed E-state index contributed by atoms with van der Waals surface area (Å²) in [5.41, 5.74) is -0.228. The van der Waals surface area contributed by atoms with E-state index in [2.05, 4.69) is 43.6 Å². The summed E-state index contributed by atoms with van der Waals surface area (Å²) in [4.78, 5) is 41.9. The molecular weight excluding hydrogens is 370 g/mol. The molecule has 8 heteroatoms. The lowest BCUT2D eigenvalue weighted by atomic mass is 9.88. The van der Waals surface area contributed by atoms with E-state index in [-0.39, 0.29) is 29.4 Å². The number of carbonyl (C=O) groups excluding carboxylic acids is 3. The van der Waals surface area contributed by atoms with Crippen LogP contribution in [0.1, 0.15) is 53.4 Å². The first-order valence-electron chi connectivity index (χ1n) is 11.1. The molecule has 0 radical (unpaired) electrons. The van der Waals surface area contributed by atoms with Gasteiger partial charge in [0, 0.05) is 32.7 Å². The number of nitrogens with zero attached hydrogens (tertiary/aromatic N) is 2. The molecule has 3 saturated heterocycles. The van der Waals surface area contributed by atoms with Gasteiger partial charge in [0.05, 0.1) is 11.6 Å². The highest BCUT2D eigenvalue weighted by atomic mass is 16.2. The van der Waals surface area contributed by atoms with E-state index in [1.165, 1.54) is 0 Å². The molecule has 0 aromatic heterocycles. The Bertz CT molecular complexity index is 628. The number of urea groups is 1. The standard InChI is InChI=1S/C21H37N5O3/c1-14(2)11-16-18(27)26(10-7-22-16)17(12-15(3)4)19(28)25-8-5-21(6-9-25)13-23-20(29)24-21/h14-17,22H,5-13H2,1-4H3,(H2,23,24,29)/t16-,17?/m0/s1. The highest BCUT2D eigenvalue weighted by Crippen LogP contribution is 2.27. The number of carbonyl (C=O) groups is 3. The summed E-state index contributed by atoms with van der Waals surface area (Å²) in [6.07, 6.45) is 2.96. The van der Waals surface area contributed by atoms with Gasteiger partial charge in [0.2, 0.25) is 11.8 Å². The Morgan fingerprint density at radius 2 is 1.79 bits per heavy atom. The Morgan fingerprint density at radius 3 is 2.34 bits per heavy atom. The van der Waals surface area contributed by atoms with E-state index in [4.69, 9.17) is 0 Å². The van der Waals surface area contributed by atoms with Crippen LogP contribution in [0.2, 0.25) is 0 Å². The Morgan fingerprint density at radius 1 is 1.10 bits per heavy atom. The van der Waals surface area contributed by atoms with E-state index >= 15 is 0 Å². The Balaban J connectivity index is 1.69. The molecule has 0 bridgehead atoms. The molecule has 0 aliphatic carbocycles. The van der Waals surface area contributed by atoms with Crippen molar-refractivity contribution in [2.75, 3.05) is 32.7 Å². The summed E-state index contributed by atoms with van der Waals surface area (Å²) in [6.45, 7) is 11.6. The topological polar surface area (TPSA) is 93.8 Å². The summed E-state index contributed by atoms with van der Waals surface area (Å²) < 4.78 is 0. The largest absolute Gasteiger partial charge is 0.341 e. The molecule has 3 aliphatic rings. The third-order valence-corrected chi connectivity index (χ3v) is 6.39. The fourth-order valence-electron chi connectivity index (χ4n) is 4.78. The normalized spacial score (nSPS) is 25.5. The number of hydrogen-bond acceptors (Lipinski definition) is 4. The molecule has 2 atom stereocenters. The van der Waals surface area contributed by atoms with Gasteiger partial charge in [-0.2, -0.15) is 0 Å². The quantitative estimate of drug-likeness (QED) is 0.610. The van der Waals surface area contributed by atoms with Gasteiger partial charge < -0.3 is 25.8 Å². The van der Waals surface area contributed by atoms with Crippen LogP contribution in [0.4, 0.5) is 4.79 Å². The van der Waals surface area contributed by atoms with E-state index in [1.807, 2.05) is 9.80 Å². The van der Waals surface area contributed by atoms with Crippen LogP contribution >= 0.6 is 0 Å². The third-order valence-electron chi connectivity index (χ3n) is 6.39. The van der Waals surface area contributed by atoms with E-state index in [9.17, 15) is 14.4 Å². The number of piperazine rings is 1. The molecule has 0 aromatic carbocycles. The maximum absolute atomic E-state index is 13.5. The van der Waals surface area contributed by atoms with Crippen LogP contribution in [0, 0.1) is 11.8 Å². The van der Waals surface area contributed by atoms with Crippen molar-refractivity contribution in [2.45, 2.75) is 71.0 Å². The van der Waals surface area contributed by atoms with E-state index < -0.39 is 6.04 Å². The van der Waals surface area contributed by atoms with Crippen LogP contribution in [0.3, 0.4) is 0 Å². The molecule has 1 spiro atoms. The number of nitrogens with one attached hydrogen (secondary N) is 3. The van der Waals surface area contributed by atoms with Crippen LogP contribution in [-0.4, -0.2) is 78.0 Å². The molecule has 8 nitrogen and oxygen atoms in total. The zero-order valence-corrected chi connectivity index (χ0v) is 18.3. The molecule has 164 valence electrons. The van der Waals surface area contributed by atoms with Gasteiger partial charge >= 0.3 is 6.03 Å². The number of likely N-dealkylation sites (tertiary alicyclic amines) is 1. The summed E-state index contributed by atoms with van der Waals surface area (Å²) in [5, 5.41) is 9.19. The van der Waals surface area contributed by atoms with Crippen LogP contribution in [0.15, 0.2) is 0 Å². The average Bonchev–Trinajstić information content (AvgIpc) is 3.01. The van der Waals surface area contributed by atoms with Gasteiger partial charge in [-0.1, -0.05) is 27.7 Å². The summed E-state index contributed by atoms with van der Waals surface area (Å²) in [5.74, 6) is 0.864. The molecular formula is C21H37N5O3.